The van der Waals surface area contributed by atoms with Gasteiger partial charge in [0.25, 0.3) is 0 Å². The van der Waals surface area contributed by atoms with Crippen LogP contribution in [0.4, 0.5) is 0 Å². The van der Waals surface area contributed by atoms with E-state index in [1.807, 2.05) is 0 Å². The summed E-state index contributed by atoms with van der Waals surface area (Å²) in [4.78, 5) is 0.0764. The number of aliphatic hydroxyl groups is 1. The van der Waals surface area contributed by atoms with Crippen LogP contribution in [0.15, 0.2) is 9.31 Å². The standard InChI is InChI=1S/C9H15NO4S/c1-6-8(5-11)9(7(2)14-6)15(12,13)10(3)4/h11H,5H2,1-4H3. The summed E-state index contributed by atoms with van der Waals surface area (Å²) in [6.07, 6.45) is 0. The van der Waals surface area contributed by atoms with Crippen LogP contribution in [-0.4, -0.2) is 31.9 Å². The van der Waals surface area contributed by atoms with Gasteiger partial charge in [0.05, 0.1) is 6.61 Å². The summed E-state index contributed by atoms with van der Waals surface area (Å²) in [5, 5.41) is 9.11. The molecule has 0 saturated heterocycles. The molecule has 5 nitrogen and oxygen atoms in total. The van der Waals surface area contributed by atoms with E-state index in [9.17, 15) is 8.42 Å². The number of rotatable bonds is 3. The second-order valence-electron chi connectivity index (χ2n) is 3.47. The highest BCUT2D eigenvalue weighted by Gasteiger charge is 2.28. The number of aliphatic hydroxyl groups excluding tert-OH is 1. The van der Waals surface area contributed by atoms with E-state index in [0.29, 0.717) is 17.1 Å². The largest absolute Gasteiger partial charge is 0.465 e. The van der Waals surface area contributed by atoms with Gasteiger partial charge >= 0.3 is 0 Å². The van der Waals surface area contributed by atoms with E-state index < -0.39 is 10.0 Å². The molecule has 0 unspecified atom stereocenters. The minimum absolute atomic E-state index is 0.0764. The first-order valence-corrected chi connectivity index (χ1v) is 5.88. The lowest BCUT2D eigenvalue weighted by atomic mass is 10.2. The maximum Gasteiger partial charge on any atom is 0.246 e. The maximum atomic E-state index is 11.9. The average Bonchev–Trinajstić information content (AvgIpc) is 2.40. The van der Waals surface area contributed by atoms with Gasteiger partial charge in [-0.3, -0.25) is 0 Å². The predicted molar refractivity (Wildman–Crippen MR) is 55.0 cm³/mol. The molecule has 0 atom stereocenters. The van der Waals surface area contributed by atoms with Crippen LogP contribution in [0.3, 0.4) is 0 Å². The number of hydrogen-bond acceptors (Lipinski definition) is 4. The number of sulfonamides is 1. The fourth-order valence-electron chi connectivity index (χ4n) is 1.41. The van der Waals surface area contributed by atoms with Gasteiger partial charge in [-0.05, 0) is 13.8 Å². The van der Waals surface area contributed by atoms with E-state index >= 15 is 0 Å². The Kier molecular flexibility index (Phi) is 3.22. The molecule has 1 rings (SSSR count). The van der Waals surface area contributed by atoms with Gasteiger partial charge in [0, 0.05) is 19.7 Å². The van der Waals surface area contributed by atoms with E-state index in [-0.39, 0.29) is 11.5 Å². The Morgan fingerprint density at radius 2 is 1.80 bits per heavy atom. The van der Waals surface area contributed by atoms with E-state index in [1.54, 1.807) is 13.8 Å². The Bertz CT molecular complexity index is 459. The van der Waals surface area contributed by atoms with E-state index in [1.165, 1.54) is 14.1 Å². The molecular weight excluding hydrogens is 218 g/mol. The SMILES string of the molecule is Cc1oc(C)c(S(=O)(=O)N(C)C)c1CO. The van der Waals surface area contributed by atoms with Gasteiger partial charge in [0.1, 0.15) is 16.4 Å². The van der Waals surface area contributed by atoms with Crippen molar-refractivity contribution in [2.45, 2.75) is 25.3 Å². The Balaban J connectivity index is 3.50. The Morgan fingerprint density at radius 1 is 1.27 bits per heavy atom. The van der Waals surface area contributed by atoms with Gasteiger partial charge in [-0.2, -0.15) is 0 Å². The number of aryl methyl sites for hydroxylation is 2. The third kappa shape index (κ3) is 1.92. The molecule has 86 valence electrons. The van der Waals surface area contributed by atoms with Gasteiger partial charge in [-0.25, -0.2) is 12.7 Å². The normalized spacial score (nSPS) is 12.4. The van der Waals surface area contributed by atoms with Crippen LogP contribution in [-0.2, 0) is 16.6 Å². The van der Waals surface area contributed by atoms with Crippen molar-refractivity contribution in [3.63, 3.8) is 0 Å². The van der Waals surface area contributed by atoms with Crippen molar-refractivity contribution in [1.82, 2.24) is 4.31 Å². The van der Waals surface area contributed by atoms with Crippen LogP contribution in [0.5, 0.6) is 0 Å². The van der Waals surface area contributed by atoms with E-state index in [2.05, 4.69) is 0 Å². The number of hydrogen-bond donors (Lipinski definition) is 1. The van der Waals surface area contributed by atoms with Crippen LogP contribution in [0, 0.1) is 13.8 Å². The lowest BCUT2D eigenvalue weighted by Gasteiger charge is -2.11. The molecule has 0 aliphatic rings. The highest BCUT2D eigenvalue weighted by Crippen LogP contribution is 2.28. The van der Waals surface area contributed by atoms with Crippen molar-refractivity contribution in [2.24, 2.45) is 0 Å². The van der Waals surface area contributed by atoms with Crippen LogP contribution >= 0.6 is 0 Å². The van der Waals surface area contributed by atoms with Gasteiger partial charge in [-0.1, -0.05) is 0 Å². The molecule has 0 saturated carbocycles. The molecule has 6 heteroatoms. The molecule has 15 heavy (non-hydrogen) atoms. The third-order valence-corrected chi connectivity index (χ3v) is 4.23. The van der Waals surface area contributed by atoms with Crippen LogP contribution in [0.25, 0.3) is 0 Å². The summed E-state index contributed by atoms with van der Waals surface area (Å²) in [6, 6.07) is 0. The molecule has 0 aliphatic heterocycles. The van der Waals surface area contributed by atoms with Crippen LogP contribution in [0.1, 0.15) is 17.1 Å². The van der Waals surface area contributed by atoms with Crippen molar-refractivity contribution >= 4 is 10.0 Å². The Labute approximate surface area is 89.4 Å². The maximum absolute atomic E-state index is 11.9. The lowest BCUT2D eigenvalue weighted by Crippen LogP contribution is -2.23. The lowest BCUT2D eigenvalue weighted by molar-refractivity contribution is 0.276. The molecule has 0 radical (unpaired) electrons. The zero-order valence-corrected chi connectivity index (χ0v) is 10.1. The number of furan rings is 1. The molecule has 0 fully saturated rings. The second kappa shape index (κ2) is 3.96. The topological polar surface area (TPSA) is 70.8 Å². The zero-order valence-electron chi connectivity index (χ0n) is 9.23. The summed E-state index contributed by atoms with van der Waals surface area (Å²) >= 11 is 0. The van der Waals surface area contributed by atoms with Crippen LogP contribution < -0.4 is 0 Å². The number of nitrogens with zero attached hydrogens (tertiary/aromatic N) is 1. The molecule has 1 N–H and O–H groups in total. The van der Waals surface area contributed by atoms with E-state index in [0.717, 1.165) is 4.31 Å². The summed E-state index contributed by atoms with van der Waals surface area (Å²) in [7, 11) is -0.664. The third-order valence-electron chi connectivity index (χ3n) is 2.22. The smallest absolute Gasteiger partial charge is 0.246 e. The van der Waals surface area contributed by atoms with Gasteiger partial charge in [0.15, 0.2) is 0 Å². The molecular formula is C9H15NO4S. The fraction of sp³-hybridized carbons (Fsp3) is 0.556. The van der Waals surface area contributed by atoms with Gasteiger partial charge in [0.2, 0.25) is 10.0 Å². The summed E-state index contributed by atoms with van der Waals surface area (Å²) in [5.74, 6) is 0.751. The van der Waals surface area contributed by atoms with Crippen molar-refractivity contribution in [3.8, 4) is 0 Å². The van der Waals surface area contributed by atoms with Crippen molar-refractivity contribution < 1.29 is 17.9 Å². The molecule has 1 aromatic heterocycles. The Hall–Kier alpha value is -0.850. The average molecular weight is 233 g/mol. The van der Waals surface area contributed by atoms with Gasteiger partial charge in [-0.15, -0.1) is 0 Å². The monoisotopic (exact) mass is 233 g/mol. The van der Waals surface area contributed by atoms with Crippen molar-refractivity contribution in [1.29, 1.82) is 0 Å². The summed E-state index contributed by atoms with van der Waals surface area (Å²) in [5.41, 5.74) is 0.334. The molecule has 0 aliphatic carbocycles. The minimum atomic E-state index is -3.55. The fourth-order valence-corrected chi connectivity index (χ4v) is 2.70. The summed E-state index contributed by atoms with van der Waals surface area (Å²) in [6.45, 7) is 2.86. The molecule has 0 spiro atoms. The molecule has 0 aromatic carbocycles. The molecule has 1 heterocycles. The van der Waals surface area contributed by atoms with Crippen molar-refractivity contribution in [3.05, 3.63) is 17.1 Å². The zero-order chi connectivity index (χ0) is 11.8. The molecule has 0 amide bonds. The minimum Gasteiger partial charge on any atom is -0.465 e. The molecule has 0 bridgehead atoms. The molecule has 1 aromatic rings. The Morgan fingerprint density at radius 3 is 2.20 bits per heavy atom. The summed E-state index contributed by atoms with van der Waals surface area (Å²) < 4.78 is 30.1. The second-order valence-corrected chi connectivity index (χ2v) is 5.56. The van der Waals surface area contributed by atoms with E-state index in [4.69, 9.17) is 9.52 Å². The first-order valence-electron chi connectivity index (χ1n) is 4.44. The quantitative estimate of drug-likeness (QED) is 0.831. The van der Waals surface area contributed by atoms with Crippen molar-refractivity contribution in [2.75, 3.05) is 14.1 Å². The van der Waals surface area contributed by atoms with Gasteiger partial charge < -0.3 is 9.52 Å². The first kappa shape index (κ1) is 12.2. The van der Waals surface area contributed by atoms with Crippen LogP contribution in [0.2, 0.25) is 0 Å². The first-order chi connectivity index (χ1) is 6.82. The highest BCUT2D eigenvalue weighted by molar-refractivity contribution is 7.89. The predicted octanol–water partition coefficient (Wildman–Crippen LogP) is 0.639. The highest BCUT2D eigenvalue weighted by atomic mass is 32.2.